The van der Waals surface area contributed by atoms with E-state index in [2.05, 4.69) is 27.2 Å². The third kappa shape index (κ3) is 3.40. The van der Waals surface area contributed by atoms with Crippen molar-refractivity contribution in [2.75, 3.05) is 0 Å². The molecule has 0 aromatic heterocycles. The number of carbonyl (C=O) groups is 2. The smallest absolute Gasteiger partial charge is 0.337 e. The maximum Gasteiger partial charge on any atom is 0.337 e. The molecule has 0 saturated carbocycles. The summed E-state index contributed by atoms with van der Waals surface area (Å²) in [6.45, 7) is 4.70. The van der Waals surface area contributed by atoms with Gasteiger partial charge in [0.15, 0.2) is 0 Å². The van der Waals surface area contributed by atoms with Crippen molar-refractivity contribution in [1.29, 1.82) is 0 Å². The van der Waals surface area contributed by atoms with Gasteiger partial charge >= 0.3 is 11.9 Å². The summed E-state index contributed by atoms with van der Waals surface area (Å²) in [5.74, 6) is -1.33. The van der Waals surface area contributed by atoms with Crippen LogP contribution in [0.3, 0.4) is 0 Å². The van der Waals surface area contributed by atoms with Crippen molar-refractivity contribution in [2.24, 2.45) is 0 Å². The van der Waals surface area contributed by atoms with E-state index in [4.69, 9.17) is 0 Å². The van der Waals surface area contributed by atoms with Gasteiger partial charge in [0.1, 0.15) is 4.83 Å². The molecule has 0 amide bonds. The fraction of sp³-hybridized carbons (Fsp3) is 0.333. The number of alkyl halides is 1. The molecule has 0 N–H and O–H groups in total. The van der Waals surface area contributed by atoms with Crippen LogP contribution < -0.4 is 0 Å². The van der Waals surface area contributed by atoms with Crippen LogP contribution in [0, 0.1) is 0 Å². The first kappa shape index (κ1) is 9.36. The van der Waals surface area contributed by atoms with E-state index in [0.717, 1.165) is 6.08 Å². The molecule has 0 aromatic rings. The van der Waals surface area contributed by atoms with Crippen molar-refractivity contribution in [1.82, 2.24) is 0 Å². The minimum Gasteiger partial charge on any atom is -0.389 e. The first-order valence-electron chi connectivity index (χ1n) is 2.60. The molecule has 0 saturated heterocycles. The summed E-state index contributed by atoms with van der Waals surface area (Å²) in [6.07, 6.45) is 0.938. The van der Waals surface area contributed by atoms with E-state index in [1.165, 1.54) is 0 Å². The molecule has 0 spiro atoms. The predicted molar refractivity (Wildman–Crippen MR) is 39.7 cm³/mol. The SMILES string of the molecule is C=CC(=O)OC(=O)C(C)Br. The Labute approximate surface area is 67.2 Å². The van der Waals surface area contributed by atoms with Crippen molar-refractivity contribution in [3.05, 3.63) is 12.7 Å². The van der Waals surface area contributed by atoms with Gasteiger partial charge in [-0.25, -0.2) is 4.79 Å². The average Bonchev–Trinajstić information content (AvgIpc) is 1.87. The summed E-state index contributed by atoms with van der Waals surface area (Å²) in [6, 6.07) is 0. The fourth-order valence-electron chi connectivity index (χ4n) is 0.222. The molecule has 1 atom stereocenters. The molecule has 1 unspecified atom stereocenters. The number of ether oxygens (including phenoxy) is 1. The molecule has 0 bridgehead atoms. The molecule has 0 fully saturated rings. The number of rotatable bonds is 2. The molecule has 0 heterocycles. The highest BCUT2D eigenvalue weighted by Crippen LogP contribution is 1.99. The summed E-state index contributed by atoms with van der Waals surface area (Å²) in [5.41, 5.74) is 0. The second-order valence-corrected chi connectivity index (χ2v) is 2.93. The zero-order valence-electron chi connectivity index (χ0n) is 5.46. The van der Waals surface area contributed by atoms with Crippen LogP contribution in [0.1, 0.15) is 6.92 Å². The Balaban J connectivity index is 3.80. The Morgan fingerprint density at radius 1 is 1.70 bits per heavy atom. The third-order valence-corrected chi connectivity index (χ3v) is 1.07. The van der Waals surface area contributed by atoms with Gasteiger partial charge < -0.3 is 4.74 Å². The van der Waals surface area contributed by atoms with Crippen LogP contribution in [-0.4, -0.2) is 16.8 Å². The van der Waals surface area contributed by atoms with Gasteiger partial charge in [-0.05, 0) is 6.92 Å². The highest BCUT2D eigenvalue weighted by molar-refractivity contribution is 9.10. The number of esters is 2. The summed E-state index contributed by atoms with van der Waals surface area (Å²) < 4.78 is 4.22. The van der Waals surface area contributed by atoms with Crippen LogP contribution in [0.4, 0.5) is 0 Å². The van der Waals surface area contributed by atoms with Gasteiger partial charge in [0.2, 0.25) is 0 Å². The lowest BCUT2D eigenvalue weighted by Crippen LogP contribution is -2.17. The van der Waals surface area contributed by atoms with Gasteiger partial charge in [0.25, 0.3) is 0 Å². The summed E-state index contributed by atoms with van der Waals surface area (Å²) in [7, 11) is 0. The summed E-state index contributed by atoms with van der Waals surface area (Å²) >= 11 is 2.94. The summed E-state index contributed by atoms with van der Waals surface area (Å²) in [4.78, 5) is 20.5. The molecule has 0 aliphatic rings. The predicted octanol–water partition coefficient (Wildman–Crippen LogP) is 1.03. The molecule has 0 aliphatic heterocycles. The fourth-order valence-corrected chi connectivity index (χ4v) is 0.315. The van der Waals surface area contributed by atoms with Crippen LogP contribution in [0.2, 0.25) is 0 Å². The van der Waals surface area contributed by atoms with E-state index < -0.39 is 16.8 Å². The minimum atomic E-state index is -0.726. The maximum atomic E-state index is 10.6. The van der Waals surface area contributed by atoms with Crippen LogP contribution in [0.15, 0.2) is 12.7 Å². The lowest BCUT2D eigenvalue weighted by Gasteiger charge is -1.99. The largest absolute Gasteiger partial charge is 0.389 e. The van der Waals surface area contributed by atoms with E-state index in [1.807, 2.05) is 0 Å². The molecule has 56 valence electrons. The zero-order valence-corrected chi connectivity index (χ0v) is 7.05. The number of carbonyl (C=O) groups excluding carboxylic acids is 2. The molecule has 0 aromatic carbocycles. The molecule has 3 nitrogen and oxygen atoms in total. The Bertz CT molecular complexity index is 162. The lowest BCUT2D eigenvalue weighted by atomic mass is 10.5. The highest BCUT2D eigenvalue weighted by atomic mass is 79.9. The molecule has 0 rings (SSSR count). The van der Waals surface area contributed by atoms with Crippen molar-refractivity contribution >= 4 is 27.9 Å². The summed E-state index contributed by atoms with van der Waals surface area (Å²) in [5, 5.41) is 0. The normalized spacial score (nSPS) is 11.8. The molecule has 4 heteroatoms. The number of halogens is 1. The van der Waals surface area contributed by atoms with Crippen molar-refractivity contribution in [2.45, 2.75) is 11.8 Å². The zero-order chi connectivity index (χ0) is 8.15. The molecule has 0 radical (unpaired) electrons. The van der Waals surface area contributed by atoms with Crippen molar-refractivity contribution in [3.8, 4) is 0 Å². The van der Waals surface area contributed by atoms with Gasteiger partial charge in [-0.2, -0.15) is 0 Å². The van der Waals surface area contributed by atoms with Gasteiger partial charge in [0, 0.05) is 6.08 Å². The second kappa shape index (κ2) is 4.22. The van der Waals surface area contributed by atoms with Crippen LogP contribution in [0.5, 0.6) is 0 Å². The molecule has 10 heavy (non-hydrogen) atoms. The van der Waals surface area contributed by atoms with E-state index in [9.17, 15) is 9.59 Å². The Morgan fingerprint density at radius 3 is 2.50 bits per heavy atom. The topological polar surface area (TPSA) is 43.4 Å². The maximum absolute atomic E-state index is 10.6. The molecular formula is C6H7BrO3. The van der Waals surface area contributed by atoms with Crippen LogP contribution in [-0.2, 0) is 14.3 Å². The second-order valence-electron chi connectivity index (χ2n) is 1.56. The van der Waals surface area contributed by atoms with E-state index in [1.54, 1.807) is 6.92 Å². The first-order chi connectivity index (χ1) is 4.57. The van der Waals surface area contributed by atoms with Gasteiger partial charge in [0.05, 0.1) is 0 Å². The Kier molecular flexibility index (Phi) is 3.95. The molecule has 0 aliphatic carbocycles. The Morgan fingerprint density at radius 2 is 2.20 bits per heavy atom. The lowest BCUT2D eigenvalue weighted by molar-refractivity contribution is -0.155. The van der Waals surface area contributed by atoms with Gasteiger partial charge in [-0.15, -0.1) is 0 Å². The first-order valence-corrected chi connectivity index (χ1v) is 3.51. The van der Waals surface area contributed by atoms with E-state index in [-0.39, 0.29) is 0 Å². The standard InChI is InChI=1S/C6H7BrO3/c1-3-5(8)10-6(9)4(2)7/h3-4H,1H2,2H3. The van der Waals surface area contributed by atoms with Crippen molar-refractivity contribution in [3.63, 3.8) is 0 Å². The highest BCUT2D eigenvalue weighted by Gasteiger charge is 2.12. The number of hydrogen-bond acceptors (Lipinski definition) is 3. The quantitative estimate of drug-likeness (QED) is 0.294. The monoisotopic (exact) mass is 206 g/mol. The van der Waals surface area contributed by atoms with E-state index in [0.29, 0.717) is 0 Å². The minimum absolute atomic E-state index is 0.462. The Hall–Kier alpha value is -0.640. The average molecular weight is 207 g/mol. The van der Waals surface area contributed by atoms with Crippen molar-refractivity contribution < 1.29 is 14.3 Å². The van der Waals surface area contributed by atoms with Gasteiger partial charge in [-0.3, -0.25) is 4.79 Å². The molecular weight excluding hydrogens is 200 g/mol. The van der Waals surface area contributed by atoms with Crippen LogP contribution in [0.25, 0.3) is 0 Å². The van der Waals surface area contributed by atoms with Crippen LogP contribution >= 0.6 is 15.9 Å². The van der Waals surface area contributed by atoms with E-state index >= 15 is 0 Å². The number of hydrogen-bond donors (Lipinski definition) is 0. The third-order valence-electron chi connectivity index (χ3n) is 0.693. The van der Waals surface area contributed by atoms with Gasteiger partial charge in [-0.1, -0.05) is 22.5 Å².